The Kier molecular flexibility index (Phi) is 3.09. The van der Waals surface area contributed by atoms with Gasteiger partial charge in [0.25, 0.3) is 5.56 Å². The summed E-state index contributed by atoms with van der Waals surface area (Å²) in [6.07, 6.45) is -0.539. The predicted molar refractivity (Wildman–Crippen MR) is 71.9 cm³/mol. The number of rotatable bonds is 3. The van der Waals surface area contributed by atoms with Gasteiger partial charge in [0.05, 0.1) is 6.07 Å². The van der Waals surface area contributed by atoms with Crippen molar-refractivity contribution in [3.05, 3.63) is 46.0 Å². The first-order valence-electron chi connectivity index (χ1n) is 6.29. The van der Waals surface area contributed by atoms with Crippen molar-refractivity contribution in [3.8, 4) is 17.4 Å². The fourth-order valence-electron chi connectivity index (χ4n) is 2.13. The van der Waals surface area contributed by atoms with Gasteiger partial charge in [-0.15, -0.1) is 0 Å². The maximum atomic E-state index is 11.3. The lowest BCUT2D eigenvalue weighted by atomic mass is 10.1. The molecule has 0 fully saturated rings. The Hall–Kier alpha value is -2.83. The SMILES string of the molecule is Cc1nc(Oc2ccc3c(c2)OC(C(=O)O)C3)cc(=O)[nH]1. The first-order valence-corrected chi connectivity index (χ1v) is 6.29. The van der Waals surface area contributed by atoms with Gasteiger partial charge in [0.2, 0.25) is 5.88 Å². The van der Waals surface area contributed by atoms with Gasteiger partial charge in [0.1, 0.15) is 17.3 Å². The molecule has 21 heavy (non-hydrogen) atoms. The lowest BCUT2D eigenvalue weighted by Gasteiger charge is -2.07. The Morgan fingerprint density at radius 1 is 1.48 bits per heavy atom. The summed E-state index contributed by atoms with van der Waals surface area (Å²) >= 11 is 0. The van der Waals surface area contributed by atoms with Gasteiger partial charge in [-0.3, -0.25) is 4.79 Å². The average Bonchev–Trinajstić information content (AvgIpc) is 2.80. The zero-order valence-corrected chi connectivity index (χ0v) is 11.1. The van der Waals surface area contributed by atoms with E-state index in [-0.39, 0.29) is 11.4 Å². The Balaban J connectivity index is 1.84. The number of nitrogens with one attached hydrogen (secondary N) is 1. The van der Waals surface area contributed by atoms with Crippen LogP contribution in [0.5, 0.6) is 17.4 Å². The maximum absolute atomic E-state index is 11.3. The Bertz CT molecular complexity index is 768. The normalized spacial score (nSPS) is 16.1. The van der Waals surface area contributed by atoms with Gasteiger partial charge in [-0.25, -0.2) is 9.78 Å². The van der Waals surface area contributed by atoms with E-state index in [9.17, 15) is 9.59 Å². The summed E-state index contributed by atoms with van der Waals surface area (Å²) < 4.78 is 10.8. The van der Waals surface area contributed by atoms with Gasteiger partial charge >= 0.3 is 5.97 Å². The number of H-pyrrole nitrogens is 1. The second-order valence-electron chi connectivity index (χ2n) is 4.69. The highest BCUT2D eigenvalue weighted by Crippen LogP contribution is 2.33. The van der Waals surface area contributed by atoms with E-state index in [0.29, 0.717) is 23.7 Å². The summed E-state index contributed by atoms with van der Waals surface area (Å²) in [7, 11) is 0. The number of hydrogen-bond acceptors (Lipinski definition) is 5. The van der Waals surface area contributed by atoms with Gasteiger partial charge in [-0.1, -0.05) is 6.07 Å². The molecular formula is C14H12N2O5. The summed E-state index contributed by atoms with van der Waals surface area (Å²) in [5, 5.41) is 8.95. The number of aryl methyl sites for hydroxylation is 1. The zero-order chi connectivity index (χ0) is 15.0. The second kappa shape index (κ2) is 4.93. The molecule has 0 amide bonds. The lowest BCUT2D eigenvalue weighted by molar-refractivity contribution is -0.144. The molecule has 0 saturated carbocycles. The third-order valence-electron chi connectivity index (χ3n) is 3.05. The van der Waals surface area contributed by atoms with E-state index in [1.165, 1.54) is 6.07 Å². The Morgan fingerprint density at radius 3 is 3.00 bits per heavy atom. The van der Waals surface area contributed by atoms with Crippen LogP contribution in [0.25, 0.3) is 0 Å². The third kappa shape index (κ3) is 2.71. The number of aromatic amines is 1. The number of nitrogens with zero attached hydrogens (tertiary/aromatic N) is 1. The molecule has 0 aliphatic carbocycles. The van der Waals surface area contributed by atoms with Crippen LogP contribution in [0.3, 0.4) is 0 Å². The van der Waals surface area contributed by atoms with E-state index in [4.69, 9.17) is 14.6 Å². The highest BCUT2D eigenvalue weighted by molar-refractivity contribution is 5.74. The molecule has 1 unspecified atom stereocenters. The van der Waals surface area contributed by atoms with Crippen molar-refractivity contribution in [2.24, 2.45) is 0 Å². The van der Waals surface area contributed by atoms with Crippen molar-refractivity contribution < 1.29 is 19.4 Å². The fourth-order valence-corrected chi connectivity index (χ4v) is 2.13. The van der Waals surface area contributed by atoms with Crippen molar-refractivity contribution in [3.63, 3.8) is 0 Å². The molecule has 0 bridgehead atoms. The molecule has 2 N–H and O–H groups in total. The number of carboxylic acids is 1. The van der Waals surface area contributed by atoms with E-state index < -0.39 is 12.1 Å². The second-order valence-corrected chi connectivity index (χ2v) is 4.69. The number of aromatic nitrogens is 2. The van der Waals surface area contributed by atoms with Crippen LogP contribution in [0.15, 0.2) is 29.1 Å². The molecule has 1 aromatic carbocycles. The highest BCUT2D eigenvalue weighted by atomic mass is 16.5. The molecule has 0 radical (unpaired) electrons. The standard InChI is InChI=1S/C14H12N2O5/c1-7-15-12(17)6-13(16-7)20-9-3-2-8-4-11(14(18)19)21-10(8)5-9/h2-3,5-6,11H,4H2,1H3,(H,18,19)(H,15,16,17). The first-order chi connectivity index (χ1) is 10.0. The fraction of sp³-hybridized carbons (Fsp3) is 0.214. The van der Waals surface area contributed by atoms with E-state index in [1.807, 2.05) is 0 Å². The van der Waals surface area contributed by atoms with Crippen LogP contribution in [0, 0.1) is 6.92 Å². The molecule has 3 rings (SSSR count). The van der Waals surface area contributed by atoms with E-state index in [1.54, 1.807) is 25.1 Å². The van der Waals surface area contributed by atoms with Crippen LogP contribution < -0.4 is 15.0 Å². The third-order valence-corrected chi connectivity index (χ3v) is 3.05. The van der Waals surface area contributed by atoms with Crippen LogP contribution in [0.4, 0.5) is 0 Å². The van der Waals surface area contributed by atoms with E-state index in [0.717, 1.165) is 5.56 Å². The number of carbonyl (C=O) groups is 1. The Labute approximate surface area is 119 Å². The zero-order valence-electron chi connectivity index (χ0n) is 11.1. The van der Waals surface area contributed by atoms with Gasteiger partial charge in [0.15, 0.2) is 6.10 Å². The molecule has 7 heteroatoms. The van der Waals surface area contributed by atoms with Gasteiger partial charge in [-0.05, 0) is 18.6 Å². The minimum atomic E-state index is -0.999. The molecule has 2 heterocycles. The molecule has 1 atom stereocenters. The number of ether oxygens (including phenoxy) is 2. The highest BCUT2D eigenvalue weighted by Gasteiger charge is 2.29. The van der Waals surface area contributed by atoms with Gasteiger partial charge < -0.3 is 19.6 Å². The van der Waals surface area contributed by atoms with E-state index >= 15 is 0 Å². The molecule has 7 nitrogen and oxygen atoms in total. The van der Waals surface area contributed by atoms with Crippen molar-refractivity contribution in [2.75, 3.05) is 0 Å². The lowest BCUT2D eigenvalue weighted by Crippen LogP contribution is -2.24. The summed E-state index contributed by atoms with van der Waals surface area (Å²) in [6, 6.07) is 6.26. The minimum Gasteiger partial charge on any atom is -0.478 e. The largest absolute Gasteiger partial charge is 0.478 e. The van der Waals surface area contributed by atoms with Crippen LogP contribution in [0.2, 0.25) is 0 Å². The molecule has 1 aromatic heterocycles. The monoisotopic (exact) mass is 288 g/mol. The minimum absolute atomic E-state index is 0.170. The summed E-state index contributed by atoms with van der Waals surface area (Å²) in [5.74, 6) is 0.518. The van der Waals surface area contributed by atoms with E-state index in [2.05, 4.69) is 9.97 Å². The van der Waals surface area contributed by atoms with Crippen molar-refractivity contribution in [1.82, 2.24) is 9.97 Å². The number of aliphatic carboxylic acids is 1. The van der Waals surface area contributed by atoms with Crippen molar-refractivity contribution in [1.29, 1.82) is 0 Å². The molecule has 2 aromatic rings. The van der Waals surface area contributed by atoms with Crippen LogP contribution in [-0.2, 0) is 11.2 Å². The van der Waals surface area contributed by atoms with Crippen LogP contribution >= 0.6 is 0 Å². The topological polar surface area (TPSA) is 102 Å². The summed E-state index contributed by atoms with van der Waals surface area (Å²) in [4.78, 5) is 28.8. The number of fused-ring (bicyclic) bond motifs is 1. The predicted octanol–water partition coefficient (Wildman–Crippen LogP) is 1.26. The smallest absolute Gasteiger partial charge is 0.345 e. The number of benzene rings is 1. The summed E-state index contributed by atoms with van der Waals surface area (Å²) in [6.45, 7) is 1.65. The average molecular weight is 288 g/mol. The van der Waals surface area contributed by atoms with Crippen molar-refractivity contribution >= 4 is 5.97 Å². The van der Waals surface area contributed by atoms with Gasteiger partial charge in [-0.2, -0.15) is 0 Å². The molecule has 1 aliphatic rings. The molecule has 0 saturated heterocycles. The van der Waals surface area contributed by atoms with Crippen LogP contribution in [0.1, 0.15) is 11.4 Å². The number of carboxylic acid groups (broad SMARTS) is 1. The van der Waals surface area contributed by atoms with Gasteiger partial charge in [0, 0.05) is 12.5 Å². The molecule has 108 valence electrons. The molecule has 1 aliphatic heterocycles. The first kappa shape index (κ1) is 13.2. The molecular weight excluding hydrogens is 276 g/mol. The Morgan fingerprint density at radius 2 is 2.29 bits per heavy atom. The van der Waals surface area contributed by atoms with Crippen LogP contribution in [-0.4, -0.2) is 27.1 Å². The summed E-state index contributed by atoms with van der Waals surface area (Å²) in [5.41, 5.74) is 0.505. The molecule has 0 spiro atoms. The number of hydrogen-bond donors (Lipinski definition) is 2. The maximum Gasteiger partial charge on any atom is 0.345 e. The quantitative estimate of drug-likeness (QED) is 0.881. The van der Waals surface area contributed by atoms with Crippen molar-refractivity contribution in [2.45, 2.75) is 19.4 Å².